The summed E-state index contributed by atoms with van der Waals surface area (Å²) in [4.78, 5) is 11.1. The van der Waals surface area contributed by atoms with E-state index in [9.17, 15) is 4.79 Å². The molecule has 14 heavy (non-hydrogen) atoms. The van der Waals surface area contributed by atoms with Gasteiger partial charge in [0.25, 0.3) is 0 Å². The molecule has 1 atom stereocenters. The Morgan fingerprint density at radius 2 is 2.07 bits per heavy atom. The average molecular weight is 253 g/mol. The quantitative estimate of drug-likeness (QED) is 0.753. The fourth-order valence-electron chi connectivity index (χ4n) is 1.98. The van der Waals surface area contributed by atoms with Crippen molar-refractivity contribution in [3.05, 3.63) is 34.3 Å². The van der Waals surface area contributed by atoms with Gasteiger partial charge < -0.3 is 4.79 Å². The first-order valence-electron chi connectivity index (χ1n) is 5.02. The van der Waals surface area contributed by atoms with Crippen LogP contribution in [0.15, 0.2) is 28.7 Å². The van der Waals surface area contributed by atoms with Gasteiger partial charge in [0.2, 0.25) is 0 Å². The molecule has 0 N–H and O–H groups in total. The molecule has 1 aliphatic rings. The van der Waals surface area contributed by atoms with Gasteiger partial charge >= 0.3 is 0 Å². The highest BCUT2D eigenvalue weighted by molar-refractivity contribution is 9.10. The van der Waals surface area contributed by atoms with Gasteiger partial charge in [0.1, 0.15) is 6.29 Å². The summed E-state index contributed by atoms with van der Waals surface area (Å²) in [6.45, 7) is 0. The maximum Gasteiger partial charge on any atom is 0.127 e. The molecule has 1 aromatic rings. The molecule has 1 saturated carbocycles. The highest BCUT2D eigenvalue weighted by Crippen LogP contribution is 2.40. The standard InChI is InChI=1S/C12H13BrO/c13-12-7-2-1-6-10(12)11(8-14)9-4-3-5-9/h1-2,6-9,11H,3-5H2. The Morgan fingerprint density at radius 3 is 2.57 bits per heavy atom. The molecule has 0 saturated heterocycles. The van der Waals surface area contributed by atoms with Crippen molar-refractivity contribution in [2.24, 2.45) is 5.92 Å². The largest absolute Gasteiger partial charge is 0.303 e. The van der Waals surface area contributed by atoms with Crippen LogP contribution < -0.4 is 0 Å². The van der Waals surface area contributed by atoms with E-state index in [-0.39, 0.29) is 5.92 Å². The third-order valence-corrected chi connectivity index (χ3v) is 3.79. The lowest BCUT2D eigenvalue weighted by molar-refractivity contribution is -0.110. The van der Waals surface area contributed by atoms with E-state index in [1.807, 2.05) is 24.3 Å². The first-order valence-corrected chi connectivity index (χ1v) is 5.82. The van der Waals surface area contributed by atoms with Crippen LogP contribution in [0.25, 0.3) is 0 Å². The number of benzene rings is 1. The average Bonchev–Trinajstić information content (AvgIpc) is 2.12. The van der Waals surface area contributed by atoms with Gasteiger partial charge in [0.05, 0.1) is 0 Å². The maximum atomic E-state index is 11.1. The zero-order chi connectivity index (χ0) is 9.97. The fourth-order valence-corrected chi connectivity index (χ4v) is 2.53. The highest BCUT2D eigenvalue weighted by atomic mass is 79.9. The second-order valence-electron chi connectivity index (χ2n) is 3.87. The summed E-state index contributed by atoms with van der Waals surface area (Å²) < 4.78 is 1.06. The van der Waals surface area contributed by atoms with Crippen molar-refractivity contribution in [2.75, 3.05) is 0 Å². The van der Waals surface area contributed by atoms with E-state index in [4.69, 9.17) is 0 Å². The molecule has 2 rings (SSSR count). The number of aldehydes is 1. The molecule has 0 bridgehead atoms. The lowest BCUT2D eigenvalue weighted by atomic mass is 9.74. The van der Waals surface area contributed by atoms with Crippen molar-refractivity contribution >= 4 is 22.2 Å². The van der Waals surface area contributed by atoms with Crippen molar-refractivity contribution in [1.82, 2.24) is 0 Å². The van der Waals surface area contributed by atoms with Crippen LogP contribution in [0.3, 0.4) is 0 Å². The molecule has 0 heterocycles. The minimum absolute atomic E-state index is 0.0966. The molecule has 0 radical (unpaired) electrons. The Kier molecular flexibility index (Phi) is 3.02. The van der Waals surface area contributed by atoms with Crippen LogP contribution in [0.4, 0.5) is 0 Å². The zero-order valence-corrected chi connectivity index (χ0v) is 9.53. The van der Waals surface area contributed by atoms with Crippen LogP contribution >= 0.6 is 15.9 Å². The van der Waals surface area contributed by atoms with Crippen molar-refractivity contribution in [1.29, 1.82) is 0 Å². The van der Waals surface area contributed by atoms with Crippen LogP contribution in [-0.2, 0) is 4.79 Å². The van der Waals surface area contributed by atoms with Crippen LogP contribution in [0.2, 0.25) is 0 Å². The van der Waals surface area contributed by atoms with E-state index in [0.717, 1.165) is 16.3 Å². The number of carbonyl (C=O) groups excluding carboxylic acids is 1. The second kappa shape index (κ2) is 4.26. The molecule has 2 heteroatoms. The Balaban J connectivity index is 2.26. The van der Waals surface area contributed by atoms with Crippen LogP contribution in [0, 0.1) is 5.92 Å². The zero-order valence-electron chi connectivity index (χ0n) is 7.95. The van der Waals surface area contributed by atoms with Gasteiger partial charge in [-0.05, 0) is 30.4 Å². The monoisotopic (exact) mass is 252 g/mol. The van der Waals surface area contributed by atoms with Gasteiger partial charge in [-0.3, -0.25) is 0 Å². The van der Waals surface area contributed by atoms with Crippen molar-refractivity contribution in [3.63, 3.8) is 0 Å². The van der Waals surface area contributed by atoms with Gasteiger partial charge in [-0.2, -0.15) is 0 Å². The molecule has 0 aliphatic heterocycles. The van der Waals surface area contributed by atoms with Crippen LogP contribution in [0.5, 0.6) is 0 Å². The Morgan fingerprint density at radius 1 is 1.36 bits per heavy atom. The molecule has 0 spiro atoms. The SMILES string of the molecule is O=CC(c1ccccc1Br)C1CCC1. The molecule has 0 amide bonds. The molecule has 0 aromatic heterocycles. The fraction of sp³-hybridized carbons (Fsp3) is 0.417. The first-order chi connectivity index (χ1) is 6.83. The van der Waals surface area contributed by atoms with E-state index in [2.05, 4.69) is 15.9 Å². The summed E-state index contributed by atoms with van der Waals surface area (Å²) >= 11 is 3.50. The normalized spacial score (nSPS) is 18.6. The Bertz CT molecular complexity index is 331. The Hall–Kier alpha value is -0.630. The van der Waals surface area contributed by atoms with Crippen molar-refractivity contribution < 1.29 is 4.79 Å². The minimum Gasteiger partial charge on any atom is -0.303 e. The van der Waals surface area contributed by atoms with Gasteiger partial charge in [-0.15, -0.1) is 0 Å². The summed E-state index contributed by atoms with van der Waals surface area (Å²) in [6.07, 6.45) is 4.78. The Labute approximate surface area is 92.6 Å². The number of rotatable bonds is 3. The predicted molar refractivity (Wildman–Crippen MR) is 60.3 cm³/mol. The molecule has 1 unspecified atom stereocenters. The third-order valence-electron chi connectivity index (χ3n) is 3.07. The molecular weight excluding hydrogens is 240 g/mol. The summed E-state index contributed by atoms with van der Waals surface area (Å²) in [6, 6.07) is 8.03. The van der Waals surface area contributed by atoms with Gasteiger partial charge in [0, 0.05) is 10.4 Å². The number of hydrogen-bond acceptors (Lipinski definition) is 1. The van der Waals surface area contributed by atoms with E-state index in [1.54, 1.807) is 0 Å². The van der Waals surface area contributed by atoms with E-state index in [1.165, 1.54) is 19.3 Å². The predicted octanol–water partition coefficient (Wildman–Crippen LogP) is 3.53. The van der Waals surface area contributed by atoms with Crippen molar-refractivity contribution in [2.45, 2.75) is 25.2 Å². The van der Waals surface area contributed by atoms with E-state index >= 15 is 0 Å². The topological polar surface area (TPSA) is 17.1 Å². The number of halogens is 1. The van der Waals surface area contributed by atoms with Gasteiger partial charge in [-0.1, -0.05) is 40.5 Å². The van der Waals surface area contributed by atoms with Gasteiger partial charge in [-0.25, -0.2) is 0 Å². The first kappa shape index (κ1) is 9.91. The summed E-state index contributed by atoms with van der Waals surface area (Å²) in [5.74, 6) is 0.672. The lowest BCUT2D eigenvalue weighted by Crippen LogP contribution is -2.21. The molecule has 1 nitrogen and oxygen atoms in total. The van der Waals surface area contributed by atoms with Crippen molar-refractivity contribution in [3.8, 4) is 0 Å². The van der Waals surface area contributed by atoms with Gasteiger partial charge in [0.15, 0.2) is 0 Å². The van der Waals surface area contributed by atoms with E-state index in [0.29, 0.717) is 5.92 Å². The molecular formula is C12H13BrO. The summed E-state index contributed by atoms with van der Waals surface area (Å²) in [5, 5.41) is 0. The highest BCUT2D eigenvalue weighted by Gasteiger charge is 2.28. The van der Waals surface area contributed by atoms with Crippen LogP contribution in [0.1, 0.15) is 30.7 Å². The second-order valence-corrected chi connectivity index (χ2v) is 4.73. The number of carbonyl (C=O) groups is 1. The molecule has 1 fully saturated rings. The van der Waals surface area contributed by atoms with Crippen LogP contribution in [-0.4, -0.2) is 6.29 Å². The molecule has 1 aromatic carbocycles. The summed E-state index contributed by atoms with van der Waals surface area (Å²) in [7, 11) is 0. The minimum atomic E-state index is 0.0966. The number of hydrogen-bond donors (Lipinski definition) is 0. The molecule has 1 aliphatic carbocycles. The smallest absolute Gasteiger partial charge is 0.127 e. The summed E-state index contributed by atoms with van der Waals surface area (Å²) in [5.41, 5.74) is 1.15. The third kappa shape index (κ3) is 1.76. The molecule has 74 valence electrons. The maximum absolute atomic E-state index is 11.1. The van der Waals surface area contributed by atoms with E-state index < -0.39 is 0 Å². The lowest BCUT2D eigenvalue weighted by Gasteiger charge is -2.31.